The third-order valence-corrected chi connectivity index (χ3v) is 7.89. The van der Waals surface area contributed by atoms with Gasteiger partial charge >= 0.3 is 0 Å². The van der Waals surface area contributed by atoms with Crippen LogP contribution in [-0.4, -0.2) is 5.78 Å². The second-order valence-corrected chi connectivity index (χ2v) is 10.2. The highest BCUT2D eigenvalue weighted by Gasteiger charge is 2.16. The second kappa shape index (κ2) is 7.99. The molecule has 0 bridgehead atoms. The lowest BCUT2D eigenvalue weighted by Crippen LogP contribution is -2.03. The minimum atomic E-state index is 0.0569. The van der Waals surface area contributed by atoms with E-state index in [0.29, 0.717) is 0 Å². The van der Waals surface area contributed by atoms with Gasteiger partial charge < -0.3 is 0 Å². The summed E-state index contributed by atoms with van der Waals surface area (Å²) in [5.41, 5.74) is 1.48. The van der Waals surface area contributed by atoms with Crippen LogP contribution in [0.3, 0.4) is 0 Å². The van der Waals surface area contributed by atoms with Crippen molar-refractivity contribution in [3.8, 4) is 0 Å². The molecule has 1 nitrogen and oxygen atoms in total. The fraction of sp³-hybridized carbons (Fsp3) is 0. The van der Waals surface area contributed by atoms with Crippen LogP contribution in [0.25, 0.3) is 64.6 Å². The van der Waals surface area contributed by atoms with Gasteiger partial charge in [0.05, 0.1) is 0 Å². The molecule has 0 spiro atoms. The Morgan fingerprint density at radius 1 is 0.316 bits per heavy atom. The summed E-state index contributed by atoms with van der Waals surface area (Å²) in [5, 5.41) is 13.7. The van der Waals surface area contributed by atoms with Gasteiger partial charge in [-0.25, -0.2) is 0 Å². The van der Waals surface area contributed by atoms with Gasteiger partial charge in [-0.2, -0.15) is 0 Å². The Bertz CT molecular complexity index is 2090. The van der Waals surface area contributed by atoms with Crippen LogP contribution in [0.15, 0.2) is 133 Å². The smallest absolute Gasteiger partial charge is 0.194 e. The molecule has 0 aliphatic rings. The Balaban J connectivity index is 1.34. The molecule has 0 atom stereocenters. The second-order valence-electron chi connectivity index (χ2n) is 10.2. The Labute approximate surface area is 219 Å². The average molecular weight is 483 g/mol. The van der Waals surface area contributed by atoms with Crippen molar-refractivity contribution in [3.05, 3.63) is 145 Å². The summed E-state index contributed by atoms with van der Waals surface area (Å²) in [4.78, 5) is 14.2. The number of ketones is 1. The first-order chi connectivity index (χ1) is 18.7. The Morgan fingerprint density at radius 2 is 0.632 bits per heavy atom. The quantitative estimate of drug-likeness (QED) is 0.177. The number of benzene rings is 8. The maximum absolute atomic E-state index is 14.2. The Hall–Kier alpha value is -5.01. The van der Waals surface area contributed by atoms with Crippen LogP contribution in [0.4, 0.5) is 0 Å². The summed E-state index contributed by atoms with van der Waals surface area (Å²) >= 11 is 0. The zero-order chi connectivity index (χ0) is 25.2. The molecule has 0 saturated heterocycles. The molecule has 0 aliphatic carbocycles. The van der Waals surface area contributed by atoms with E-state index < -0.39 is 0 Å². The minimum Gasteiger partial charge on any atom is -0.289 e. The van der Waals surface area contributed by atoms with E-state index in [9.17, 15) is 4.79 Å². The zero-order valence-electron chi connectivity index (χ0n) is 20.6. The van der Waals surface area contributed by atoms with E-state index in [1.165, 1.54) is 32.3 Å². The highest BCUT2D eigenvalue weighted by atomic mass is 16.1. The van der Waals surface area contributed by atoms with Crippen molar-refractivity contribution in [1.29, 1.82) is 0 Å². The maximum atomic E-state index is 14.2. The Morgan fingerprint density at radius 3 is 1.03 bits per heavy atom. The summed E-state index contributed by atoms with van der Waals surface area (Å²) in [6.07, 6.45) is 0. The van der Waals surface area contributed by atoms with Crippen molar-refractivity contribution in [2.45, 2.75) is 0 Å². The molecule has 0 radical (unpaired) electrons. The van der Waals surface area contributed by atoms with Crippen molar-refractivity contribution in [2.75, 3.05) is 0 Å². The van der Waals surface area contributed by atoms with Gasteiger partial charge in [0.1, 0.15) is 0 Å². The molecule has 176 valence electrons. The molecule has 0 unspecified atom stereocenters. The van der Waals surface area contributed by atoms with Gasteiger partial charge in [-0.1, -0.05) is 84.9 Å². The summed E-state index contributed by atoms with van der Waals surface area (Å²) in [7, 11) is 0. The lowest BCUT2D eigenvalue weighted by molar-refractivity contribution is 0.104. The van der Waals surface area contributed by atoms with Crippen molar-refractivity contribution < 1.29 is 4.79 Å². The van der Waals surface area contributed by atoms with Crippen LogP contribution in [0.2, 0.25) is 0 Å². The normalized spacial score (nSPS) is 11.8. The first-order valence-corrected chi connectivity index (χ1v) is 13.0. The molecule has 0 aliphatic heterocycles. The van der Waals surface area contributed by atoms with Crippen LogP contribution in [0.5, 0.6) is 0 Å². The number of hydrogen-bond donors (Lipinski definition) is 0. The first-order valence-electron chi connectivity index (χ1n) is 13.0. The number of fused-ring (bicyclic) bond motifs is 6. The van der Waals surface area contributed by atoms with E-state index >= 15 is 0 Å². The van der Waals surface area contributed by atoms with Crippen LogP contribution in [-0.2, 0) is 0 Å². The zero-order valence-corrected chi connectivity index (χ0v) is 20.6. The molecular formula is C37H22O. The molecule has 0 N–H and O–H groups in total. The lowest BCUT2D eigenvalue weighted by Gasteiger charge is -2.12. The summed E-state index contributed by atoms with van der Waals surface area (Å²) in [5.74, 6) is 0.0569. The maximum Gasteiger partial charge on any atom is 0.194 e. The van der Waals surface area contributed by atoms with Gasteiger partial charge in [0, 0.05) is 11.1 Å². The van der Waals surface area contributed by atoms with Crippen LogP contribution in [0.1, 0.15) is 15.9 Å². The molecule has 0 aromatic heterocycles. The van der Waals surface area contributed by atoms with E-state index in [2.05, 4.69) is 109 Å². The number of hydrogen-bond acceptors (Lipinski definition) is 1. The van der Waals surface area contributed by atoms with Crippen LogP contribution < -0.4 is 0 Å². The number of carbonyl (C=O) groups is 1. The third kappa shape index (κ3) is 3.22. The molecule has 0 saturated carbocycles. The molecule has 8 aromatic carbocycles. The molecule has 8 rings (SSSR count). The molecule has 0 amide bonds. The third-order valence-electron chi connectivity index (χ3n) is 7.89. The minimum absolute atomic E-state index is 0.0569. The van der Waals surface area contributed by atoms with Crippen LogP contribution in [0, 0.1) is 0 Å². The summed E-state index contributed by atoms with van der Waals surface area (Å²) < 4.78 is 0. The fourth-order valence-electron chi connectivity index (χ4n) is 5.98. The average Bonchev–Trinajstić information content (AvgIpc) is 2.95. The first kappa shape index (κ1) is 21.1. The van der Waals surface area contributed by atoms with E-state index in [1.54, 1.807) is 0 Å². The fourth-order valence-corrected chi connectivity index (χ4v) is 5.98. The van der Waals surface area contributed by atoms with E-state index in [0.717, 1.165) is 43.4 Å². The van der Waals surface area contributed by atoms with Gasteiger partial charge in [0.2, 0.25) is 0 Å². The van der Waals surface area contributed by atoms with Gasteiger partial charge in [-0.15, -0.1) is 0 Å². The van der Waals surface area contributed by atoms with Gasteiger partial charge in [-0.3, -0.25) is 4.79 Å². The highest BCUT2D eigenvalue weighted by Crippen LogP contribution is 2.33. The topological polar surface area (TPSA) is 17.1 Å². The summed E-state index contributed by atoms with van der Waals surface area (Å²) in [6, 6.07) is 46.6. The number of carbonyl (C=O) groups excluding carboxylic acids is 1. The van der Waals surface area contributed by atoms with Crippen molar-refractivity contribution in [1.82, 2.24) is 0 Å². The van der Waals surface area contributed by atoms with Crippen LogP contribution >= 0.6 is 0 Å². The predicted molar refractivity (Wildman–Crippen MR) is 161 cm³/mol. The SMILES string of the molecule is O=C(c1cccc2cc3cc4ccccc4cc3cc12)c1cccc2cc3cc4ccccc4cc3cc12. The molecular weight excluding hydrogens is 460 g/mol. The number of rotatable bonds is 2. The molecule has 38 heavy (non-hydrogen) atoms. The standard InChI is InChI=1S/C37H22O/c38-37(33-13-5-11-27-19-29-15-23-7-1-3-9-25(23)17-31(29)21-35(27)33)34-14-6-12-28-20-30-16-24-8-2-4-10-26(24)18-32(30)22-36(28)34/h1-22H. The van der Waals surface area contributed by atoms with Crippen molar-refractivity contribution in [2.24, 2.45) is 0 Å². The van der Waals surface area contributed by atoms with E-state index in [-0.39, 0.29) is 5.78 Å². The monoisotopic (exact) mass is 482 g/mol. The van der Waals surface area contributed by atoms with Gasteiger partial charge in [0.15, 0.2) is 5.78 Å². The van der Waals surface area contributed by atoms with Crippen molar-refractivity contribution >= 4 is 70.4 Å². The molecule has 0 fully saturated rings. The Kier molecular flexibility index (Phi) is 4.44. The van der Waals surface area contributed by atoms with E-state index in [4.69, 9.17) is 0 Å². The molecule has 1 heteroatoms. The summed E-state index contributed by atoms with van der Waals surface area (Å²) in [6.45, 7) is 0. The molecule has 0 heterocycles. The highest BCUT2D eigenvalue weighted by molar-refractivity contribution is 6.23. The van der Waals surface area contributed by atoms with E-state index in [1.807, 2.05) is 24.3 Å². The molecule has 8 aromatic rings. The largest absolute Gasteiger partial charge is 0.289 e. The van der Waals surface area contributed by atoms with Gasteiger partial charge in [0.25, 0.3) is 0 Å². The lowest BCUT2D eigenvalue weighted by atomic mass is 9.91. The predicted octanol–water partition coefficient (Wildman–Crippen LogP) is 9.84. The van der Waals surface area contributed by atoms with Crippen molar-refractivity contribution in [3.63, 3.8) is 0 Å². The van der Waals surface area contributed by atoms with Gasteiger partial charge in [-0.05, 0) is 113 Å².